The molecular weight excluding hydrogens is 614 g/mol. The van der Waals surface area contributed by atoms with E-state index in [9.17, 15) is 10.3 Å². The van der Waals surface area contributed by atoms with E-state index in [2.05, 4.69) is 15.3 Å². The maximum absolute atomic E-state index is 14.7. The van der Waals surface area contributed by atoms with Gasteiger partial charge in [0.25, 0.3) is 5.91 Å². The highest BCUT2D eigenvalue weighted by Crippen LogP contribution is 2.44. The Labute approximate surface area is 278 Å². The van der Waals surface area contributed by atoms with E-state index in [4.69, 9.17) is 33.8 Å². The zero-order valence-electron chi connectivity index (χ0n) is 27.0. The molecule has 0 saturated heterocycles. The average Bonchev–Trinajstić information content (AvgIpc) is 3.52. The van der Waals surface area contributed by atoms with Crippen molar-refractivity contribution in [2.75, 3.05) is 34.5 Å². The maximum Gasteiger partial charge on any atom is 0.252 e. The first-order chi connectivity index (χ1) is 23.5. The Kier molecular flexibility index (Phi) is 11.0. The van der Waals surface area contributed by atoms with E-state index in [1.165, 1.54) is 0 Å². The zero-order valence-corrected chi connectivity index (χ0v) is 27.0. The molecule has 12 nitrogen and oxygen atoms in total. The van der Waals surface area contributed by atoms with Gasteiger partial charge in [0.05, 0.1) is 27.9 Å². The first-order valence-electron chi connectivity index (χ1n) is 15.3. The number of hydrogen-bond acceptors (Lipinski definition) is 9. The number of rotatable bonds is 15. The molecule has 0 aromatic heterocycles. The van der Waals surface area contributed by atoms with Gasteiger partial charge in [0.2, 0.25) is 5.90 Å². The Bertz CT molecular complexity index is 1810. The average molecular weight is 652 g/mol. The lowest BCUT2D eigenvalue weighted by molar-refractivity contribution is -0.129. The molecule has 12 heteroatoms. The van der Waals surface area contributed by atoms with Crippen molar-refractivity contribution in [3.05, 3.63) is 124 Å². The second kappa shape index (κ2) is 15.7. The number of carbonyl (C=O) groups is 1. The molecule has 0 spiro atoms. The van der Waals surface area contributed by atoms with E-state index in [0.717, 1.165) is 0 Å². The number of aliphatic imine (C=N–C) groups is 1. The van der Waals surface area contributed by atoms with Gasteiger partial charge in [0.15, 0.2) is 23.1 Å². The number of azide groups is 1. The van der Waals surface area contributed by atoms with Crippen LogP contribution in [0.2, 0.25) is 0 Å². The quantitative estimate of drug-likeness (QED) is 0.0668. The third-order valence-corrected chi connectivity index (χ3v) is 7.95. The van der Waals surface area contributed by atoms with E-state index in [-0.39, 0.29) is 25.5 Å². The van der Waals surface area contributed by atoms with Gasteiger partial charge in [-0.3, -0.25) is 4.79 Å². The van der Waals surface area contributed by atoms with Gasteiger partial charge in [0, 0.05) is 47.7 Å². The summed E-state index contributed by atoms with van der Waals surface area (Å²) < 4.78 is 28.9. The number of ether oxygens (including phenoxy) is 5. The molecule has 1 heterocycles. The lowest BCUT2D eigenvalue weighted by atomic mass is 9.81. The second-order valence-electron chi connectivity index (χ2n) is 10.9. The Balaban J connectivity index is 1.62. The first-order valence-corrected chi connectivity index (χ1v) is 15.3. The Hall–Kier alpha value is -5.71. The Morgan fingerprint density at radius 1 is 0.958 bits per heavy atom. The molecule has 0 saturated carbocycles. The number of aliphatic hydroxyl groups is 1. The van der Waals surface area contributed by atoms with Crippen LogP contribution in [0.4, 0.5) is 5.69 Å². The molecular formula is C36H37N5O7. The lowest BCUT2D eigenvalue weighted by Crippen LogP contribution is -2.49. The summed E-state index contributed by atoms with van der Waals surface area (Å²) in [5, 5.41) is 16.1. The van der Waals surface area contributed by atoms with Gasteiger partial charge in [-0.2, -0.15) is 0 Å². The number of carbonyl (C=O) groups excluding carboxylic acids is 1. The number of amides is 1. The molecule has 1 amide bonds. The van der Waals surface area contributed by atoms with Crippen LogP contribution in [-0.4, -0.2) is 57.0 Å². The zero-order chi connectivity index (χ0) is 33.9. The third-order valence-electron chi connectivity index (χ3n) is 7.95. The van der Waals surface area contributed by atoms with E-state index in [0.29, 0.717) is 64.0 Å². The molecule has 2 atom stereocenters. The largest absolute Gasteiger partial charge is 0.497 e. The van der Waals surface area contributed by atoms with Crippen molar-refractivity contribution in [1.29, 1.82) is 0 Å². The maximum atomic E-state index is 14.7. The summed E-state index contributed by atoms with van der Waals surface area (Å²) in [5.74, 6) is 2.06. The normalized spacial score (nSPS) is 16.6. The summed E-state index contributed by atoms with van der Waals surface area (Å²) in [6.45, 7) is 0.512. The SMILES string of the molecule is COc1cccc([C@H]2OC(c3ccc(OCCCO)cc3)=N[C@@]2(Cc2ccccc2N=[N+]=[N-])C(=O)NCc2cccc(OC)c2OC)c1. The summed E-state index contributed by atoms with van der Waals surface area (Å²) in [7, 11) is 4.66. The van der Waals surface area contributed by atoms with Crippen molar-refractivity contribution in [1.82, 2.24) is 5.32 Å². The molecule has 248 valence electrons. The number of nitrogens with zero attached hydrogens (tertiary/aromatic N) is 4. The van der Waals surface area contributed by atoms with E-state index >= 15 is 0 Å². The number of nitrogens with one attached hydrogen (secondary N) is 1. The van der Waals surface area contributed by atoms with Gasteiger partial charge in [-0.05, 0) is 59.1 Å². The van der Waals surface area contributed by atoms with Crippen molar-refractivity contribution >= 4 is 17.5 Å². The van der Waals surface area contributed by atoms with Gasteiger partial charge in [-0.15, -0.1) is 0 Å². The predicted molar refractivity (Wildman–Crippen MR) is 180 cm³/mol. The Morgan fingerprint density at radius 2 is 1.73 bits per heavy atom. The fraction of sp³-hybridized carbons (Fsp3) is 0.278. The molecule has 2 N–H and O–H groups in total. The van der Waals surface area contributed by atoms with Crippen LogP contribution in [0.25, 0.3) is 10.4 Å². The standard InChI is InChI=1S/C36H37N5O7/c1-44-29-12-6-10-25(21-29)33-36(22-26-9-4-5-13-30(26)40-41-37,35(43)38-23-27-11-7-14-31(45-2)32(27)46-3)39-34(48-33)24-15-17-28(18-16-24)47-20-8-19-42/h4-7,9-18,21,33,42H,8,19-20,22-23H2,1-3H3,(H,38,43)/t33-,36-/m1/s1. The van der Waals surface area contributed by atoms with Crippen molar-refractivity contribution in [3.63, 3.8) is 0 Å². The molecule has 0 radical (unpaired) electrons. The van der Waals surface area contributed by atoms with Crippen molar-refractivity contribution in [2.45, 2.75) is 31.0 Å². The fourth-order valence-corrected chi connectivity index (χ4v) is 5.60. The van der Waals surface area contributed by atoms with E-state index in [1.54, 1.807) is 69.9 Å². The highest BCUT2D eigenvalue weighted by Gasteiger charge is 2.53. The van der Waals surface area contributed by atoms with Gasteiger partial charge in [-0.1, -0.05) is 53.6 Å². The van der Waals surface area contributed by atoms with Gasteiger partial charge in [-0.25, -0.2) is 4.99 Å². The first kappa shape index (κ1) is 33.6. The number of hydrogen-bond donors (Lipinski definition) is 2. The topological polar surface area (TPSA) is 157 Å². The minimum Gasteiger partial charge on any atom is -0.497 e. The van der Waals surface area contributed by atoms with E-state index < -0.39 is 17.6 Å². The number of para-hydroxylation sites is 1. The summed E-state index contributed by atoms with van der Waals surface area (Å²) >= 11 is 0. The van der Waals surface area contributed by atoms with Crippen LogP contribution < -0.4 is 24.3 Å². The van der Waals surface area contributed by atoms with Crippen LogP contribution in [0.5, 0.6) is 23.0 Å². The second-order valence-corrected chi connectivity index (χ2v) is 10.9. The molecule has 4 aromatic rings. The summed E-state index contributed by atoms with van der Waals surface area (Å²) in [4.78, 5) is 22.8. The minimum absolute atomic E-state index is 0.0337. The Morgan fingerprint density at radius 3 is 2.46 bits per heavy atom. The van der Waals surface area contributed by atoms with Gasteiger partial charge < -0.3 is 34.1 Å². The minimum atomic E-state index is -1.56. The molecule has 5 rings (SSSR count). The van der Waals surface area contributed by atoms with Crippen molar-refractivity contribution < 1.29 is 33.6 Å². The number of aliphatic hydroxyl groups excluding tert-OH is 1. The summed E-state index contributed by atoms with van der Waals surface area (Å²) in [5.41, 5.74) is 10.7. The van der Waals surface area contributed by atoms with Crippen LogP contribution in [0, 0.1) is 0 Å². The van der Waals surface area contributed by atoms with Crippen molar-refractivity contribution in [2.24, 2.45) is 10.1 Å². The van der Waals surface area contributed by atoms with Crippen LogP contribution >= 0.6 is 0 Å². The molecule has 48 heavy (non-hydrogen) atoms. The highest BCUT2D eigenvalue weighted by atomic mass is 16.5. The molecule has 1 aliphatic heterocycles. The highest BCUT2D eigenvalue weighted by molar-refractivity contribution is 6.01. The third kappa shape index (κ3) is 7.30. The lowest BCUT2D eigenvalue weighted by Gasteiger charge is -2.31. The number of methoxy groups -OCH3 is 3. The van der Waals surface area contributed by atoms with E-state index in [1.807, 2.05) is 42.5 Å². The van der Waals surface area contributed by atoms with Crippen LogP contribution in [0.3, 0.4) is 0 Å². The van der Waals surface area contributed by atoms with Crippen LogP contribution in [0.15, 0.2) is 101 Å². The predicted octanol–water partition coefficient (Wildman–Crippen LogP) is 6.23. The van der Waals surface area contributed by atoms with Crippen molar-refractivity contribution in [3.8, 4) is 23.0 Å². The molecule has 1 aliphatic rings. The summed E-state index contributed by atoms with van der Waals surface area (Å²) in [6, 6.07) is 27.0. The molecule has 0 aliphatic carbocycles. The van der Waals surface area contributed by atoms with Crippen LogP contribution in [0.1, 0.15) is 34.8 Å². The monoisotopic (exact) mass is 651 g/mol. The fourth-order valence-electron chi connectivity index (χ4n) is 5.60. The summed E-state index contributed by atoms with van der Waals surface area (Å²) in [6.07, 6.45) is -0.359. The van der Waals surface area contributed by atoms with Gasteiger partial charge >= 0.3 is 0 Å². The smallest absolute Gasteiger partial charge is 0.252 e. The molecule has 0 bridgehead atoms. The molecule has 0 fully saturated rings. The molecule has 0 unspecified atom stereocenters. The van der Waals surface area contributed by atoms with Crippen LogP contribution in [-0.2, 0) is 22.5 Å². The molecule has 4 aromatic carbocycles. The number of benzene rings is 4. The van der Waals surface area contributed by atoms with Gasteiger partial charge in [0.1, 0.15) is 11.5 Å².